The predicted molar refractivity (Wildman–Crippen MR) is 75.7 cm³/mol. The van der Waals surface area contributed by atoms with Crippen LogP contribution in [-0.2, 0) is 0 Å². The first-order valence-corrected chi connectivity index (χ1v) is 6.67. The number of H-pyrrole nitrogens is 1. The third-order valence-corrected chi connectivity index (χ3v) is 3.51. The van der Waals surface area contributed by atoms with Gasteiger partial charge in [0.25, 0.3) is 5.91 Å². The van der Waals surface area contributed by atoms with Crippen LogP contribution in [0, 0.1) is 11.3 Å². The Morgan fingerprint density at radius 2 is 2.14 bits per heavy atom. The second-order valence-corrected chi connectivity index (χ2v) is 4.78. The molecule has 1 saturated heterocycles. The highest BCUT2D eigenvalue weighted by atomic mass is 16.2. The van der Waals surface area contributed by atoms with Crippen molar-refractivity contribution >= 4 is 11.7 Å². The number of carbonyl (C=O) groups is 1. The fraction of sp³-hybridized carbons (Fsp3) is 0.286. The first kappa shape index (κ1) is 13.1. The Morgan fingerprint density at radius 3 is 2.81 bits per heavy atom. The number of nitriles is 1. The number of pyridine rings is 1. The lowest BCUT2D eigenvalue weighted by Gasteiger charge is -2.35. The summed E-state index contributed by atoms with van der Waals surface area (Å²) in [4.78, 5) is 20.4. The number of carbonyl (C=O) groups excluding carboxylic acids is 1. The van der Waals surface area contributed by atoms with Gasteiger partial charge in [-0.15, -0.1) is 0 Å². The molecule has 1 aliphatic rings. The number of nitrogens with zero attached hydrogens (tertiary/aromatic N) is 5. The smallest absolute Gasteiger partial charge is 0.257 e. The number of piperazine rings is 1. The average molecular weight is 282 g/mol. The standard InChI is InChI=1S/C14H14N6O/c15-8-11-1-2-16-13(7-11)19-3-5-20(6-4-19)14(21)12-9-17-18-10-12/h1-2,7,9-10H,3-6H2,(H,17,18). The Kier molecular flexibility index (Phi) is 3.51. The van der Waals surface area contributed by atoms with Crippen molar-refractivity contribution < 1.29 is 4.79 Å². The number of amides is 1. The van der Waals surface area contributed by atoms with Crippen molar-refractivity contribution in [3.05, 3.63) is 41.9 Å². The summed E-state index contributed by atoms with van der Waals surface area (Å²) in [6, 6.07) is 5.56. The van der Waals surface area contributed by atoms with Gasteiger partial charge in [-0.25, -0.2) is 4.98 Å². The van der Waals surface area contributed by atoms with E-state index in [-0.39, 0.29) is 5.91 Å². The Morgan fingerprint density at radius 1 is 1.33 bits per heavy atom. The summed E-state index contributed by atoms with van der Waals surface area (Å²) in [5, 5.41) is 15.4. The first-order chi connectivity index (χ1) is 10.3. The lowest BCUT2D eigenvalue weighted by molar-refractivity contribution is 0.0746. The van der Waals surface area contributed by atoms with Crippen LogP contribution in [0.1, 0.15) is 15.9 Å². The maximum Gasteiger partial charge on any atom is 0.257 e. The van der Waals surface area contributed by atoms with Gasteiger partial charge in [-0.1, -0.05) is 0 Å². The summed E-state index contributed by atoms with van der Waals surface area (Å²) in [5.41, 5.74) is 1.17. The molecule has 3 heterocycles. The van der Waals surface area contributed by atoms with Crippen LogP contribution in [0.25, 0.3) is 0 Å². The monoisotopic (exact) mass is 282 g/mol. The average Bonchev–Trinajstić information content (AvgIpc) is 3.09. The summed E-state index contributed by atoms with van der Waals surface area (Å²) >= 11 is 0. The highest BCUT2D eigenvalue weighted by Gasteiger charge is 2.23. The van der Waals surface area contributed by atoms with Crippen molar-refractivity contribution in [1.29, 1.82) is 5.26 Å². The van der Waals surface area contributed by atoms with Gasteiger partial charge < -0.3 is 9.80 Å². The molecule has 1 amide bonds. The molecule has 0 unspecified atom stereocenters. The molecule has 3 rings (SSSR count). The lowest BCUT2D eigenvalue weighted by Crippen LogP contribution is -2.49. The van der Waals surface area contributed by atoms with Crippen molar-refractivity contribution in [2.45, 2.75) is 0 Å². The third kappa shape index (κ3) is 2.69. The minimum absolute atomic E-state index is 0.0119. The van der Waals surface area contributed by atoms with Gasteiger partial charge in [0.05, 0.1) is 23.4 Å². The number of anilines is 1. The highest BCUT2D eigenvalue weighted by molar-refractivity contribution is 5.93. The predicted octanol–water partition coefficient (Wildman–Crippen LogP) is 0.639. The molecule has 0 atom stereocenters. The van der Waals surface area contributed by atoms with Gasteiger partial charge in [-0.3, -0.25) is 9.89 Å². The van der Waals surface area contributed by atoms with Crippen LogP contribution in [0.2, 0.25) is 0 Å². The molecular weight excluding hydrogens is 268 g/mol. The maximum absolute atomic E-state index is 12.2. The van der Waals surface area contributed by atoms with Crippen LogP contribution < -0.4 is 4.90 Å². The van der Waals surface area contributed by atoms with E-state index in [4.69, 9.17) is 5.26 Å². The lowest BCUT2D eigenvalue weighted by atomic mass is 10.2. The van der Waals surface area contributed by atoms with Crippen LogP contribution in [-0.4, -0.2) is 52.2 Å². The zero-order valence-corrected chi connectivity index (χ0v) is 11.4. The van der Waals surface area contributed by atoms with Gasteiger partial charge in [-0.05, 0) is 12.1 Å². The number of nitrogens with one attached hydrogen (secondary N) is 1. The van der Waals surface area contributed by atoms with E-state index in [1.807, 2.05) is 0 Å². The van der Waals surface area contributed by atoms with E-state index in [1.165, 1.54) is 6.20 Å². The number of rotatable bonds is 2. The summed E-state index contributed by atoms with van der Waals surface area (Å²) < 4.78 is 0. The quantitative estimate of drug-likeness (QED) is 0.873. The van der Waals surface area contributed by atoms with Crippen molar-refractivity contribution in [2.75, 3.05) is 31.1 Å². The molecular formula is C14H14N6O. The van der Waals surface area contributed by atoms with Crippen molar-refractivity contribution in [1.82, 2.24) is 20.1 Å². The van der Waals surface area contributed by atoms with Crippen LogP contribution >= 0.6 is 0 Å². The van der Waals surface area contributed by atoms with E-state index in [0.29, 0.717) is 37.3 Å². The number of hydrogen-bond donors (Lipinski definition) is 1. The van der Waals surface area contributed by atoms with E-state index in [9.17, 15) is 4.79 Å². The minimum atomic E-state index is -0.0119. The van der Waals surface area contributed by atoms with E-state index in [2.05, 4.69) is 26.2 Å². The zero-order valence-electron chi connectivity index (χ0n) is 11.4. The molecule has 21 heavy (non-hydrogen) atoms. The Balaban J connectivity index is 1.65. The van der Waals surface area contributed by atoms with E-state index < -0.39 is 0 Å². The fourth-order valence-electron chi connectivity index (χ4n) is 2.35. The minimum Gasteiger partial charge on any atom is -0.353 e. The van der Waals surface area contributed by atoms with Crippen LogP contribution in [0.3, 0.4) is 0 Å². The molecule has 1 N–H and O–H groups in total. The fourth-order valence-corrected chi connectivity index (χ4v) is 2.35. The van der Waals surface area contributed by atoms with Gasteiger partial charge in [0.1, 0.15) is 5.82 Å². The van der Waals surface area contributed by atoms with Crippen LogP contribution in [0.5, 0.6) is 0 Å². The van der Waals surface area contributed by atoms with Crippen LogP contribution in [0.4, 0.5) is 5.82 Å². The zero-order chi connectivity index (χ0) is 14.7. The molecule has 0 radical (unpaired) electrons. The number of aromatic amines is 1. The van der Waals surface area contributed by atoms with E-state index in [0.717, 1.165) is 5.82 Å². The number of aromatic nitrogens is 3. The first-order valence-electron chi connectivity index (χ1n) is 6.67. The van der Waals surface area contributed by atoms with Gasteiger partial charge in [0.15, 0.2) is 0 Å². The third-order valence-electron chi connectivity index (χ3n) is 3.51. The summed E-state index contributed by atoms with van der Waals surface area (Å²) in [7, 11) is 0. The van der Waals surface area contributed by atoms with E-state index >= 15 is 0 Å². The molecule has 1 aliphatic heterocycles. The topological polar surface area (TPSA) is 88.9 Å². The highest BCUT2D eigenvalue weighted by Crippen LogP contribution is 2.15. The molecule has 0 saturated carbocycles. The van der Waals surface area contributed by atoms with Gasteiger partial charge in [-0.2, -0.15) is 10.4 Å². The molecule has 7 nitrogen and oxygen atoms in total. The van der Waals surface area contributed by atoms with Gasteiger partial charge in [0, 0.05) is 38.6 Å². The van der Waals surface area contributed by atoms with E-state index in [1.54, 1.807) is 29.4 Å². The summed E-state index contributed by atoms with van der Waals surface area (Å²) in [6.45, 7) is 2.65. The SMILES string of the molecule is N#Cc1ccnc(N2CCN(C(=O)c3cn[nH]c3)CC2)c1. The summed E-state index contributed by atoms with van der Waals surface area (Å²) in [6.07, 6.45) is 4.77. The van der Waals surface area contributed by atoms with Crippen molar-refractivity contribution in [2.24, 2.45) is 0 Å². The molecule has 0 bridgehead atoms. The second-order valence-electron chi connectivity index (χ2n) is 4.78. The van der Waals surface area contributed by atoms with Crippen LogP contribution in [0.15, 0.2) is 30.7 Å². The van der Waals surface area contributed by atoms with Gasteiger partial charge in [0.2, 0.25) is 0 Å². The van der Waals surface area contributed by atoms with Crippen molar-refractivity contribution in [3.63, 3.8) is 0 Å². The Bertz CT molecular complexity index is 667. The molecule has 0 aromatic carbocycles. The second kappa shape index (κ2) is 5.63. The van der Waals surface area contributed by atoms with Crippen molar-refractivity contribution in [3.8, 4) is 6.07 Å². The molecule has 0 aliphatic carbocycles. The molecule has 0 spiro atoms. The Hall–Kier alpha value is -2.88. The molecule has 2 aromatic heterocycles. The molecule has 106 valence electrons. The van der Waals surface area contributed by atoms with Gasteiger partial charge >= 0.3 is 0 Å². The largest absolute Gasteiger partial charge is 0.353 e. The molecule has 2 aromatic rings. The maximum atomic E-state index is 12.2. The normalized spacial score (nSPS) is 14.8. The Labute approximate surface area is 121 Å². The molecule has 1 fully saturated rings. The summed E-state index contributed by atoms with van der Waals surface area (Å²) in [5.74, 6) is 0.770. The molecule has 7 heteroatoms. The number of hydrogen-bond acceptors (Lipinski definition) is 5.